The molecule has 0 saturated carbocycles. The van der Waals surface area contributed by atoms with E-state index in [0.717, 1.165) is 5.56 Å². The molecule has 0 bridgehead atoms. The molecule has 3 aromatic rings. The Morgan fingerprint density at radius 2 is 1.73 bits per heavy atom. The SMILES string of the molecule is COc1ccc(CCN(C)C(=O)c2ccc(NC(=O)c3ccco3)cc2)cc1OC. The molecule has 0 aliphatic rings. The largest absolute Gasteiger partial charge is 0.493 e. The van der Waals surface area contributed by atoms with Crippen molar-refractivity contribution < 1.29 is 23.5 Å². The molecule has 0 saturated heterocycles. The fourth-order valence-corrected chi connectivity index (χ4v) is 2.95. The molecule has 0 fully saturated rings. The zero-order valence-electron chi connectivity index (χ0n) is 17.2. The molecule has 156 valence electrons. The molecule has 0 radical (unpaired) electrons. The van der Waals surface area contributed by atoms with Gasteiger partial charge in [0.15, 0.2) is 17.3 Å². The normalized spacial score (nSPS) is 10.4. The van der Waals surface area contributed by atoms with Crippen LogP contribution in [0.25, 0.3) is 0 Å². The van der Waals surface area contributed by atoms with Gasteiger partial charge in [-0.05, 0) is 60.5 Å². The Balaban J connectivity index is 1.57. The van der Waals surface area contributed by atoms with E-state index in [2.05, 4.69) is 5.32 Å². The lowest BCUT2D eigenvalue weighted by Crippen LogP contribution is -2.28. The van der Waals surface area contributed by atoms with Crippen LogP contribution < -0.4 is 14.8 Å². The molecule has 0 unspecified atom stereocenters. The Morgan fingerprint density at radius 1 is 1.00 bits per heavy atom. The molecule has 1 heterocycles. The van der Waals surface area contributed by atoms with Crippen LogP contribution in [0.1, 0.15) is 26.5 Å². The summed E-state index contributed by atoms with van der Waals surface area (Å²) in [6.45, 7) is 0.547. The zero-order chi connectivity index (χ0) is 21.5. The number of hydrogen-bond donors (Lipinski definition) is 1. The van der Waals surface area contributed by atoms with E-state index in [-0.39, 0.29) is 17.6 Å². The molecule has 30 heavy (non-hydrogen) atoms. The minimum absolute atomic E-state index is 0.0978. The number of rotatable bonds is 8. The van der Waals surface area contributed by atoms with Crippen LogP contribution in [-0.2, 0) is 6.42 Å². The van der Waals surface area contributed by atoms with Gasteiger partial charge in [-0.1, -0.05) is 6.07 Å². The van der Waals surface area contributed by atoms with E-state index in [1.54, 1.807) is 62.6 Å². The fraction of sp³-hybridized carbons (Fsp3) is 0.217. The van der Waals surface area contributed by atoms with Crippen molar-refractivity contribution in [2.24, 2.45) is 0 Å². The van der Waals surface area contributed by atoms with Crippen molar-refractivity contribution in [3.63, 3.8) is 0 Å². The number of amides is 2. The Hall–Kier alpha value is -3.74. The standard InChI is InChI=1S/C23H24N2O5/c1-25(13-12-16-6-11-19(28-2)21(15-16)29-3)23(27)17-7-9-18(10-8-17)24-22(26)20-5-4-14-30-20/h4-11,14-15H,12-13H2,1-3H3,(H,24,26). The van der Waals surface area contributed by atoms with Gasteiger partial charge in [0.05, 0.1) is 20.5 Å². The first-order valence-corrected chi connectivity index (χ1v) is 9.43. The van der Waals surface area contributed by atoms with Gasteiger partial charge in [0.2, 0.25) is 0 Å². The summed E-state index contributed by atoms with van der Waals surface area (Å²) >= 11 is 0. The average molecular weight is 408 g/mol. The molecule has 1 N–H and O–H groups in total. The van der Waals surface area contributed by atoms with E-state index >= 15 is 0 Å². The highest BCUT2D eigenvalue weighted by molar-refractivity contribution is 6.02. The molecular weight excluding hydrogens is 384 g/mol. The van der Waals surface area contributed by atoms with Crippen LogP contribution in [0.2, 0.25) is 0 Å². The number of furan rings is 1. The van der Waals surface area contributed by atoms with Crippen molar-refractivity contribution in [3.8, 4) is 11.5 Å². The van der Waals surface area contributed by atoms with E-state index in [4.69, 9.17) is 13.9 Å². The molecule has 7 heteroatoms. The Morgan fingerprint density at radius 3 is 2.37 bits per heavy atom. The molecule has 1 aromatic heterocycles. The number of hydrogen-bond acceptors (Lipinski definition) is 5. The number of likely N-dealkylation sites (N-methyl/N-ethyl adjacent to an activating group) is 1. The van der Waals surface area contributed by atoms with E-state index in [0.29, 0.717) is 35.7 Å². The number of carbonyl (C=O) groups excluding carboxylic acids is 2. The van der Waals surface area contributed by atoms with Gasteiger partial charge in [0, 0.05) is 24.8 Å². The second-order valence-corrected chi connectivity index (χ2v) is 6.67. The van der Waals surface area contributed by atoms with Crippen LogP contribution in [0.5, 0.6) is 11.5 Å². The third kappa shape index (κ3) is 5.00. The molecule has 0 spiro atoms. The quantitative estimate of drug-likeness (QED) is 0.612. The van der Waals surface area contributed by atoms with Crippen molar-refractivity contribution in [3.05, 3.63) is 77.7 Å². The zero-order valence-corrected chi connectivity index (χ0v) is 17.2. The highest BCUT2D eigenvalue weighted by Crippen LogP contribution is 2.27. The van der Waals surface area contributed by atoms with E-state index in [1.807, 2.05) is 18.2 Å². The summed E-state index contributed by atoms with van der Waals surface area (Å²) < 4.78 is 15.6. The molecular formula is C23H24N2O5. The maximum Gasteiger partial charge on any atom is 0.291 e. The first-order valence-electron chi connectivity index (χ1n) is 9.43. The summed E-state index contributed by atoms with van der Waals surface area (Å²) in [5.74, 6) is 1.12. The minimum Gasteiger partial charge on any atom is -0.493 e. The summed E-state index contributed by atoms with van der Waals surface area (Å²) in [7, 11) is 4.95. The fourth-order valence-electron chi connectivity index (χ4n) is 2.95. The second kappa shape index (κ2) is 9.65. The van der Waals surface area contributed by atoms with Gasteiger partial charge in [-0.3, -0.25) is 9.59 Å². The molecule has 2 amide bonds. The van der Waals surface area contributed by atoms with Gasteiger partial charge >= 0.3 is 0 Å². The van der Waals surface area contributed by atoms with Crippen LogP contribution in [0.4, 0.5) is 5.69 Å². The van der Waals surface area contributed by atoms with Crippen molar-refractivity contribution >= 4 is 17.5 Å². The summed E-state index contributed by atoms with van der Waals surface area (Å²) in [5.41, 5.74) is 2.17. The number of anilines is 1. The average Bonchev–Trinajstić information content (AvgIpc) is 3.32. The van der Waals surface area contributed by atoms with Crippen LogP contribution in [0, 0.1) is 0 Å². The number of nitrogens with zero attached hydrogens (tertiary/aromatic N) is 1. The van der Waals surface area contributed by atoms with Gasteiger partial charge in [0.25, 0.3) is 11.8 Å². The van der Waals surface area contributed by atoms with Crippen LogP contribution in [0.3, 0.4) is 0 Å². The maximum atomic E-state index is 12.7. The lowest BCUT2D eigenvalue weighted by molar-refractivity contribution is 0.0796. The number of carbonyl (C=O) groups is 2. The van der Waals surface area contributed by atoms with Crippen molar-refractivity contribution in [1.29, 1.82) is 0 Å². The van der Waals surface area contributed by atoms with Gasteiger partial charge in [-0.2, -0.15) is 0 Å². The number of benzene rings is 2. The number of nitrogens with one attached hydrogen (secondary N) is 1. The molecule has 2 aromatic carbocycles. The summed E-state index contributed by atoms with van der Waals surface area (Å²) in [6, 6.07) is 15.7. The smallest absolute Gasteiger partial charge is 0.291 e. The topological polar surface area (TPSA) is 81.0 Å². The van der Waals surface area contributed by atoms with Crippen LogP contribution in [0.15, 0.2) is 65.3 Å². The van der Waals surface area contributed by atoms with Gasteiger partial charge in [-0.15, -0.1) is 0 Å². The third-order valence-corrected chi connectivity index (χ3v) is 4.67. The summed E-state index contributed by atoms with van der Waals surface area (Å²) in [5, 5.41) is 2.73. The number of methoxy groups -OCH3 is 2. The maximum absolute atomic E-state index is 12.7. The first kappa shape index (κ1) is 21.0. The Labute approximate surface area is 175 Å². The molecule has 0 aliphatic heterocycles. The van der Waals surface area contributed by atoms with E-state index in [9.17, 15) is 9.59 Å². The highest BCUT2D eigenvalue weighted by atomic mass is 16.5. The van der Waals surface area contributed by atoms with Crippen molar-refractivity contribution in [2.75, 3.05) is 33.1 Å². The highest BCUT2D eigenvalue weighted by Gasteiger charge is 2.14. The van der Waals surface area contributed by atoms with Gasteiger partial charge in [-0.25, -0.2) is 0 Å². The van der Waals surface area contributed by atoms with Crippen LogP contribution in [-0.4, -0.2) is 44.5 Å². The van der Waals surface area contributed by atoms with Crippen LogP contribution >= 0.6 is 0 Å². The molecule has 7 nitrogen and oxygen atoms in total. The Kier molecular flexibility index (Phi) is 6.75. The number of ether oxygens (including phenoxy) is 2. The van der Waals surface area contributed by atoms with Crippen molar-refractivity contribution in [2.45, 2.75) is 6.42 Å². The third-order valence-electron chi connectivity index (χ3n) is 4.67. The van der Waals surface area contributed by atoms with Crippen molar-refractivity contribution in [1.82, 2.24) is 4.90 Å². The Bertz CT molecular complexity index is 997. The molecule has 3 rings (SSSR count). The van der Waals surface area contributed by atoms with E-state index in [1.165, 1.54) is 6.26 Å². The molecule has 0 atom stereocenters. The molecule has 0 aliphatic carbocycles. The lowest BCUT2D eigenvalue weighted by Gasteiger charge is -2.18. The van der Waals surface area contributed by atoms with E-state index < -0.39 is 0 Å². The summed E-state index contributed by atoms with van der Waals surface area (Å²) in [6.07, 6.45) is 2.12. The second-order valence-electron chi connectivity index (χ2n) is 6.67. The summed E-state index contributed by atoms with van der Waals surface area (Å²) in [4.78, 5) is 26.4. The lowest BCUT2D eigenvalue weighted by atomic mass is 10.1. The minimum atomic E-state index is -0.342. The van der Waals surface area contributed by atoms with Gasteiger partial charge < -0.3 is 24.1 Å². The monoisotopic (exact) mass is 408 g/mol. The predicted molar refractivity (Wildman–Crippen MR) is 113 cm³/mol. The first-order chi connectivity index (χ1) is 14.5. The van der Waals surface area contributed by atoms with Gasteiger partial charge in [0.1, 0.15) is 0 Å². The predicted octanol–water partition coefficient (Wildman–Crippen LogP) is 3.86.